The summed E-state index contributed by atoms with van der Waals surface area (Å²) < 4.78 is 7.51. The van der Waals surface area contributed by atoms with Gasteiger partial charge in [0.15, 0.2) is 5.65 Å². The molecule has 0 radical (unpaired) electrons. The van der Waals surface area contributed by atoms with Gasteiger partial charge >= 0.3 is 0 Å². The third-order valence-electron chi connectivity index (χ3n) is 5.65. The Kier molecular flexibility index (Phi) is 4.91. The van der Waals surface area contributed by atoms with Crippen LogP contribution in [0.25, 0.3) is 5.65 Å². The molecular formula is C21H29N5O. The SMILES string of the molecule is Cc1cc2nc([C@H]3CCCN(CC[C@@H](C)c4ccc(C)o4)C3)cc(N)n2n1. The molecule has 0 spiro atoms. The monoisotopic (exact) mass is 367 g/mol. The lowest BCUT2D eigenvalue weighted by atomic mass is 9.93. The molecule has 1 aliphatic heterocycles. The van der Waals surface area contributed by atoms with Crippen LogP contribution in [0, 0.1) is 13.8 Å². The highest BCUT2D eigenvalue weighted by atomic mass is 16.3. The van der Waals surface area contributed by atoms with Gasteiger partial charge in [-0.1, -0.05) is 6.92 Å². The molecule has 0 amide bonds. The molecule has 1 saturated heterocycles. The smallest absolute Gasteiger partial charge is 0.157 e. The van der Waals surface area contributed by atoms with E-state index in [2.05, 4.69) is 23.0 Å². The minimum Gasteiger partial charge on any atom is -0.466 e. The second-order valence-electron chi connectivity index (χ2n) is 7.94. The average molecular weight is 367 g/mol. The third kappa shape index (κ3) is 3.86. The fourth-order valence-corrected chi connectivity index (χ4v) is 4.08. The van der Waals surface area contributed by atoms with Crippen molar-refractivity contribution < 1.29 is 4.42 Å². The van der Waals surface area contributed by atoms with E-state index in [1.165, 1.54) is 12.8 Å². The fourth-order valence-electron chi connectivity index (χ4n) is 4.08. The largest absolute Gasteiger partial charge is 0.466 e. The van der Waals surface area contributed by atoms with Crippen molar-refractivity contribution in [3.8, 4) is 0 Å². The molecule has 144 valence electrons. The summed E-state index contributed by atoms with van der Waals surface area (Å²) >= 11 is 0. The summed E-state index contributed by atoms with van der Waals surface area (Å²) in [6, 6.07) is 8.15. The van der Waals surface area contributed by atoms with E-state index in [1.54, 1.807) is 4.52 Å². The Morgan fingerprint density at radius 3 is 2.93 bits per heavy atom. The first-order valence-electron chi connectivity index (χ1n) is 9.91. The van der Waals surface area contributed by atoms with Crippen molar-refractivity contribution in [3.05, 3.63) is 47.2 Å². The van der Waals surface area contributed by atoms with Gasteiger partial charge in [0.05, 0.1) is 11.4 Å². The summed E-state index contributed by atoms with van der Waals surface area (Å²) in [5.74, 6) is 3.63. The maximum Gasteiger partial charge on any atom is 0.157 e. The van der Waals surface area contributed by atoms with Gasteiger partial charge in [-0.25, -0.2) is 4.98 Å². The molecule has 4 rings (SSSR count). The predicted octanol–water partition coefficient (Wildman–Crippen LogP) is 3.89. The average Bonchev–Trinajstić information content (AvgIpc) is 3.25. The molecule has 1 aliphatic rings. The van der Waals surface area contributed by atoms with E-state index in [4.69, 9.17) is 15.1 Å². The first kappa shape index (κ1) is 18.0. The second kappa shape index (κ2) is 7.35. The molecule has 3 aromatic rings. The summed E-state index contributed by atoms with van der Waals surface area (Å²) in [6.45, 7) is 9.50. The van der Waals surface area contributed by atoms with Crippen LogP contribution in [0.15, 0.2) is 28.7 Å². The first-order valence-corrected chi connectivity index (χ1v) is 9.91. The fraction of sp³-hybridized carbons (Fsp3) is 0.524. The zero-order valence-corrected chi connectivity index (χ0v) is 16.5. The molecular weight excluding hydrogens is 338 g/mol. The maximum atomic E-state index is 6.21. The van der Waals surface area contributed by atoms with Crippen molar-refractivity contribution in [1.29, 1.82) is 0 Å². The van der Waals surface area contributed by atoms with Crippen molar-refractivity contribution in [2.24, 2.45) is 0 Å². The topological polar surface area (TPSA) is 72.6 Å². The number of hydrogen-bond donors (Lipinski definition) is 1. The van der Waals surface area contributed by atoms with Crippen molar-refractivity contribution >= 4 is 11.5 Å². The molecule has 6 nitrogen and oxygen atoms in total. The number of piperidine rings is 1. The van der Waals surface area contributed by atoms with Crippen LogP contribution in [0.1, 0.15) is 60.9 Å². The Morgan fingerprint density at radius 2 is 2.15 bits per heavy atom. The Labute approximate surface area is 160 Å². The number of aromatic nitrogens is 3. The maximum absolute atomic E-state index is 6.21. The quantitative estimate of drug-likeness (QED) is 0.740. The van der Waals surface area contributed by atoms with E-state index in [1.807, 2.05) is 32.0 Å². The van der Waals surface area contributed by atoms with Gasteiger partial charge < -0.3 is 15.1 Å². The summed E-state index contributed by atoms with van der Waals surface area (Å²) in [5.41, 5.74) is 9.10. The van der Waals surface area contributed by atoms with E-state index in [9.17, 15) is 0 Å². The molecule has 4 heterocycles. The number of nitrogen functional groups attached to an aromatic ring is 1. The first-order chi connectivity index (χ1) is 13.0. The van der Waals surface area contributed by atoms with Crippen molar-refractivity contribution in [2.45, 2.75) is 51.9 Å². The highest BCUT2D eigenvalue weighted by molar-refractivity contribution is 5.48. The Bertz CT molecular complexity index is 928. The van der Waals surface area contributed by atoms with Crippen LogP contribution in [-0.4, -0.2) is 39.1 Å². The number of aryl methyl sites for hydroxylation is 2. The molecule has 27 heavy (non-hydrogen) atoms. The van der Waals surface area contributed by atoms with Crippen LogP contribution < -0.4 is 5.73 Å². The van der Waals surface area contributed by atoms with Gasteiger partial charge in [0.1, 0.15) is 17.3 Å². The molecule has 0 saturated carbocycles. The van der Waals surface area contributed by atoms with Gasteiger partial charge in [0.2, 0.25) is 0 Å². The van der Waals surface area contributed by atoms with Crippen molar-refractivity contribution in [3.63, 3.8) is 0 Å². The minimum atomic E-state index is 0.433. The highest BCUT2D eigenvalue weighted by Crippen LogP contribution is 2.29. The van der Waals surface area contributed by atoms with E-state index in [-0.39, 0.29) is 0 Å². The van der Waals surface area contributed by atoms with E-state index in [0.29, 0.717) is 17.7 Å². The van der Waals surface area contributed by atoms with Crippen LogP contribution in [0.5, 0.6) is 0 Å². The normalized spacial score (nSPS) is 19.6. The van der Waals surface area contributed by atoms with E-state index in [0.717, 1.165) is 54.6 Å². The summed E-state index contributed by atoms with van der Waals surface area (Å²) in [7, 11) is 0. The zero-order valence-electron chi connectivity index (χ0n) is 16.5. The molecule has 3 aromatic heterocycles. The lowest BCUT2D eigenvalue weighted by Crippen LogP contribution is -2.35. The molecule has 6 heteroatoms. The van der Waals surface area contributed by atoms with Crippen LogP contribution in [0.4, 0.5) is 5.82 Å². The molecule has 0 aliphatic carbocycles. The molecule has 0 bridgehead atoms. The number of nitrogens with two attached hydrogens (primary N) is 1. The Balaban J connectivity index is 1.42. The lowest BCUT2D eigenvalue weighted by Gasteiger charge is -2.33. The zero-order chi connectivity index (χ0) is 19.0. The van der Waals surface area contributed by atoms with Gasteiger partial charge in [-0.2, -0.15) is 9.61 Å². The standard InChI is InChI=1S/C21H29N5O/c1-14(19-7-6-16(3)27-19)8-10-25-9-4-5-17(13-25)18-12-20(22)26-21(23-18)11-15(2)24-26/h6-7,11-12,14,17H,4-5,8-10,13,22H2,1-3H3/t14-,17+/m1/s1. The number of rotatable bonds is 5. The number of likely N-dealkylation sites (tertiary alicyclic amines) is 1. The number of nitrogens with zero attached hydrogens (tertiary/aromatic N) is 4. The second-order valence-corrected chi connectivity index (χ2v) is 7.94. The summed E-state index contributed by atoms with van der Waals surface area (Å²) in [6.07, 6.45) is 3.47. The number of hydrogen-bond acceptors (Lipinski definition) is 5. The Hall–Kier alpha value is -2.34. The van der Waals surface area contributed by atoms with Gasteiger partial charge in [0.25, 0.3) is 0 Å². The van der Waals surface area contributed by atoms with Crippen molar-refractivity contribution in [2.75, 3.05) is 25.4 Å². The number of fused-ring (bicyclic) bond motifs is 1. The predicted molar refractivity (Wildman–Crippen MR) is 107 cm³/mol. The van der Waals surface area contributed by atoms with Gasteiger partial charge in [-0.3, -0.25) is 0 Å². The molecule has 0 aromatic carbocycles. The molecule has 1 fully saturated rings. The van der Waals surface area contributed by atoms with Crippen LogP contribution >= 0.6 is 0 Å². The minimum absolute atomic E-state index is 0.433. The Morgan fingerprint density at radius 1 is 1.30 bits per heavy atom. The third-order valence-corrected chi connectivity index (χ3v) is 5.65. The highest BCUT2D eigenvalue weighted by Gasteiger charge is 2.24. The van der Waals surface area contributed by atoms with Gasteiger partial charge in [0, 0.05) is 30.5 Å². The lowest BCUT2D eigenvalue weighted by molar-refractivity contribution is 0.198. The van der Waals surface area contributed by atoms with Gasteiger partial charge in [-0.05, 0) is 58.3 Å². The summed E-state index contributed by atoms with van der Waals surface area (Å²) in [5, 5.41) is 4.40. The molecule has 2 N–H and O–H groups in total. The van der Waals surface area contributed by atoms with E-state index < -0.39 is 0 Å². The molecule has 0 unspecified atom stereocenters. The number of anilines is 1. The molecule has 2 atom stereocenters. The number of furan rings is 1. The van der Waals surface area contributed by atoms with Crippen LogP contribution in [0.3, 0.4) is 0 Å². The van der Waals surface area contributed by atoms with Crippen molar-refractivity contribution in [1.82, 2.24) is 19.5 Å². The summed E-state index contributed by atoms with van der Waals surface area (Å²) in [4.78, 5) is 7.40. The van der Waals surface area contributed by atoms with Crippen LogP contribution in [-0.2, 0) is 0 Å². The van der Waals surface area contributed by atoms with E-state index >= 15 is 0 Å². The van der Waals surface area contributed by atoms with Gasteiger partial charge in [-0.15, -0.1) is 0 Å². The van der Waals surface area contributed by atoms with Crippen LogP contribution in [0.2, 0.25) is 0 Å².